The minimum Gasteiger partial charge on any atom is -0.497 e. The number of methoxy groups -OCH3 is 1. The van der Waals surface area contributed by atoms with Crippen LogP contribution in [-0.4, -0.2) is 7.11 Å². The van der Waals surface area contributed by atoms with Gasteiger partial charge in [0, 0.05) is 28.3 Å². The molecular weight excluding hydrogens is 293 g/mol. The molecule has 112 valence electrons. The molecule has 0 saturated carbocycles. The highest BCUT2D eigenvalue weighted by Crippen LogP contribution is 2.29. The van der Waals surface area contributed by atoms with Gasteiger partial charge in [0.2, 0.25) is 0 Å². The highest BCUT2D eigenvalue weighted by molar-refractivity contribution is 6.30. The molecule has 21 heavy (non-hydrogen) atoms. The van der Waals surface area contributed by atoms with Gasteiger partial charge in [0.15, 0.2) is 0 Å². The smallest absolute Gasteiger partial charge is 0.131 e. The Balaban J connectivity index is 2.22. The molecule has 0 unspecified atom stereocenters. The van der Waals surface area contributed by atoms with Crippen LogP contribution in [0.25, 0.3) is 0 Å². The van der Waals surface area contributed by atoms with Crippen molar-refractivity contribution in [2.75, 3.05) is 7.11 Å². The van der Waals surface area contributed by atoms with Gasteiger partial charge >= 0.3 is 0 Å². The van der Waals surface area contributed by atoms with E-state index in [-0.39, 0.29) is 12.6 Å². The van der Waals surface area contributed by atoms with Crippen molar-refractivity contribution in [3.63, 3.8) is 0 Å². The lowest BCUT2D eigenvalue weighted by Crippen LogP contribution is -2.08. The molecule has 0 aromatic heterocycles. The van der Waals surface area contributed by atoms with Crippen LogP contribution in [0.15, 0.2) is 36.4 Å². The minimum absolute atomic E-state index is 0.0931. The summed E-state index contributed by atoms with van der Waals surface area (Å²) in [6.45, 7) is 1.95. The Hall–Kier alpha value is -1.78. The van der Waals surface area contributed by atoms with Crippen LogP contribution in [0.4, 0.5) is 4.39 Å². The Bertz CT molecular complexity index is 632. The molecule has 0 aliphatic heterocycles. The first-order chi connectivity index (χ1) is 10.0. The largest absolute Gasteiger partial charge is 0.497 e. The third kappa shape index (κ3) is 3.86. The first-order valence-electron chi connectivity index (χ1n) is 6.51. The lowest BCUT2D eigenvalue weighted by Gasteiger charge is -2.15. The van der Waals surface area contributed by atoms with Crippen molar-refractivity contribution in [2.45, 2.75) is 19.6 Å². The topological polar surface area (TPSA) is 44.5 Å². The number of hydrogen-bond acceptors (Lipinski definition) is 3. The quantitative estimate of drug-likeness (QED) is 0.905. The number of halogens is 2. The van der Waals surface area contributed by atoms with Crippen molar-refractivity contribution < 1.29 is 13.9 Å². The van der Waals surface area contributed by atoms with Crippen molar-refractivity contribution in [1.82, 2.24) is 0 Å². The van der Waals surface area contributed by atoms with E-state index in [2.05, 4.69) is 0 Å². The van der Waals surface area contributed by atoms with Gasteiger partial charge < -0.3 is 15.2 Å². The predicted octanol–water partition coefficient (Wildman–Crippen LogP) is 4.09. The zero-order valence-electron chi connectivity index (χ0n) is 11.9. The molecule has 2 aromatic rings. The molecule has 2 rings (SSSR count). The minimum atomic E-state index is -0.396. The molecule has 0 aliphatic carbocycles. The molecule has 0 radical (unpaired) electrons. The van der Waals surface area contributed by atoms with Gasteiger partial charge in [-0.25, -0.2) is 4.39 Å². The van der Waals surface area contributed by atoms with Crippen molar-refractivity contribution >= 4 is 11.6 Å². The standard InChI is InChI=1S/C16H17ClFNO2/c1-10(19)14-6-5-13(20-2)8-16(14)21-9-11-3-4-12(17)7-15(11)18/h3-8,10H,9,19H2,1-2H3/t10-/m0/s1. The van der Waals surface area contributed by atoms with Gasteiger partial charge in [-0.2, -0.15) is 0 Å². The Morgan fingerprint density at radius 2 is 2.00 bits per heavy atom. The van der Waals surface area contributed by atoms with Gasteiger partial charge in [-0.1, -0.05) is 23.7 Å². The Morgan fingerprint density at radius 3 is 2.62 bits per heavy atom. The maximum atomic E-state index is 13.7. The van der Waals surface area contributed by atoms with Crippen LogP contribution >= 0.6 is 11.6 Å². The van der Waals surface area contributed by atoms with E-state index in [0.717, 1.165) is 5.56 Å². The maximum absolute atomic E-state index is 13.7. The van der Waals surface area contributed by atoms with Gasteiger partial charge in [0.25, 0.3) is 0 Å². The summed E-state index contributed by atoms with van der Waals surface area (Å²) in [6.07, 6.45) is 0. The molecular formula is C16H17ClFNO2. The molecule has 0 spiro atoms. The molecule has 0 fully saturated rings. The Labute approximate surface area is 128 Å². The fraction of sp³-hybridized carbons (Fsp3) is 0.250. The van der Waals surface area contributed by atoms with Gasteiger partial charge in [-0.3, -0.25) is 0 Å². The van der Waals surface area contributed by atoms with Crippen LogP contribution in [0.1, 0.15) is 24.1 Å². The van der Waals surface area contributed by atoms with Gasteiger partial charge in [-0.05, 0) is 25.1 Å². The lowest BCUT2D eigenvalue weighted by atomic mass is 10.1. The monoisotopic (exact) mass is 309 g/mol. The van der Waals surface area contributed by atoms with Gasteiger partial charge in [0.05, 0.1) is 7.11 Å². The highest BCUT2D eigenvalue weighted by Gasteiger charge is 2.11. The summed E-state index contributed by atoms with van der Waals surface area (Å²) in [5.74, 6) is 0.845. The first kappa shape index (κ1) is 15.6. The summed E-state index contributed by atoms with van der Waals surface area (Å²) < 4.78 is 24.6. The zero-order valence-corrected chi connectivity index (χ0v) is 12.7. The second kappa shape index (κ2) is 6.78. The zero-order chi connectivity index (χ0) is 15.4. The van der Waals surface area contributed by atoms with Crippen LogP contribution in [0, 0.1) is 5.82 Å². The van der Waals surface area contributed by atoms with E-state index in [4.69, 9.17) is 26.8 Å². The summed E-state index contributed by atoms with van der Waals surface area (Å²) in [4.78, 5) is 0. The summed E-state index contributed by atoms with van der Waals surface area (Å²) in [5, 5.41) is 0.355. The second-order valence-electron chi connectivity index (χ2n) is 4.72. The predicted molar refractivity (Wildman–Crippen MR) is 81.3 cm³/mol. The van der Waals surface area contributed by atoms with Crippen LogP contribution in [0.3, 0.4) is 0 Å². The van der Waals surface area contributed by atoms with Gasteiger partial charge in [-0.15, -0.1) is 0 Å². The number of ether oxygens (including phenoxy) is 2. The molecule has 0 amide bonds. The maximum Gasteiger partial charge on any atom is 0.131 e. The third-order valence-corrected chi connectivity index (χ3v) is 3.34. The first-order valence-corrected chi connectivity index (χ1v) is 6.89. The summed E-state index contributed by atoms with van der Waals surface area (Å²) in [7, 11) is 1.57. The second-order valence-corrected chi connectivity index (χ2v) is 5.15. The SMILES string of the molecule is COc1ccc([C@H](C)N)c(OCc2ccc(Cl)cc2F)c1. The van der Waals surface area contributed by atoms with Crippen molar-refractivity contribution in [3.8, 4) is 11.5 Å². The fourth-order valence-corrected chi connectivity index (χ4v) is 2.10. The molecule has 0 bridgehead atoms. The molecule has 0 saturated heterocycles. The van der Waals surface area contributed by atoms with E-state index in [1.54, 1.807) is 25.3 Å². The van der Waals surface area contributed by atoms with Crippen LogP contribution in [0.5, 0.6) is 11.5 Å². The number of hydrogen-bond donors (Lipinski definition) is 1. The normalized spacial score (nSPS) is 12.0. The van der Waals surface area contributed by atoms with Crippen LogP contribution in [-0.2, 0) is 6.61 Å². The average Bonchev–Trinajstić information content (AvgIpc) is 2.45. The van der Waals surface area contributed by atoms with E-state index < -0.39 is 5.82 Å². The Kier molecular flexibility index (Phi) is 5.04. The van der Waals surface area contributed by atoms with Crippen molar-refractivity contribution in [1.29, 1.82) is 0 Å². The molecule has 0 heterocycles. The summed E-state index contributed by atoms with van der Waals surface area (Å²) in [5.41, 5.74) is 7.18. The van der Waals surface area contributed by atoms with Crippen molar-refractivity contribution in [3.05, 3.63) is 58.4 Å². The molecule has 2 N–H and O–H groups in total. The molecule has 1 atom stereocenters. The van der Waals surface area contributed by atoms with E-state index in [1.807, 2.05) is 19.1 Å². The molecule has 2 aromatic carbocycles. The number of benzene rings is 2. The Morgan fingerprint density at radius 1 is 1.24 bits per heavy atom. The lowest BCUT2D eigenvalue weighted by molar-refractivity contribution is 0.293. The van der Waals surface area contributed by atoms with Gasteiger partial charge in [0.1, 0.15) is 23.9 Å². The van der Waals surface area contributed by atoms with E-state index in [1.165, 1.54) is 6.07 Å². The van der Waals surface area contributed by atoms with E-state index >= 15 is 0 Å². The summed E-state index contributed by atoms with van der Waals surface area (Å²) in [6, 6.07) is 9.70. The molecule has 3 nitrogen and oxygen atoms in total. The molecule has 5 heteroatoms. The van der Waals surface area contributed by atoms with Crippen molar-refractivity contribution in [2.24, 2.45) is 5.73 Å². The summed E-state index contributed by atoms with van der Waals surface area (Å²) >= 11 is 5.73. The fourth-order valence-electron chi connectivity index (χ4n) is 1.94. The van der Waals surface area contributed by atoms with E-state index in [9.17, 15) is 4.39 Å². The highest BCUT2D eigenvalue weighted by atomic mass is 35.5. The van der Waals surface area contributed by atoms with E-state index in [0.29, 0.717) is 22.1 Å². The third-order valence-electron chi connectivity index (χ3n) is 3.11. The number of nitrogens with two attached hydrogens (primary N) is 1. The van der Waals surface area contributed by atoms with Crippen LogP contribution in [0.2, 0.25) is 5.02 Å². The average molecular weight is 310 g/mol. The van der Waals surface area contributed by atoms with Crippen LogP contribution < -0.4 is 15.2 Å². The number of rotatable bonds is 5. The molecule has 0 aliphatic rings.